The minimum Gasteiger partial charge on any atom is -0.370 e. The highest BCUT2D eigenvalue weighted by molar-refractivity contribution is 7.13. The number of nitrogens with zero attached hydrogens (tertiary/aromatic N) is 2. The fourth-order valence-electron chi connectivity index (χ4n) is 2.95. The fraction of sp³-hybridized carbons (Fsp3) is 0.333. The molecule has 4 nitrogen and oxygen atoms in total. The molecule has 124 valence electrons. The molecule has 0 unspecified atom stereocenters. The number of aryl methyl sites for hydroxylation is 1. The maximum Gasteiger partial charge on any atom is 0.261 e. The summed E-state index contributed by atoms with van der Waals surface area (Å²) in [5.41, 5.74) is 1.51. The third-order valence-corrected chi connectivity index (χ3v) is 5.45. The number of halogens is 1. The van der Waals surface area contributed by atoms with Crippen LogP contribution in [0.1, 0.15) is 33.0 Å². The van der Waals surface area contributed by atoms with Crippen molar-refractivity contribution in [3.63, 3.8) is 0 Å². The zero-order chi connectivity index (χ0) is 17.1. The van der Waals surface area contributed by atoms with Crippen molar-refractivity contribution in [2.45, 2.75) is 25.8 Å². The molecular weight excluding hydrogens is 342 g/mol. The summed E-state index contributed by atoms with van der Waals surface area (Å²) < 4.78 is 0. The molecule has 0 radical (unpaired) electrons. The fourth-order valence-corrected chi connectivity index (χ4v) is 3.89. The van der Waals surface area contributed by atoms with Crippen molar-refractivity contribution in [1.82, 2.24) is 5.32 Å². The summed E-state index contributed by atoms with van der Waals surface area (Å²) in [6, 6.07) is 11.6. The first kappa shape index (κ1) is 16.8. The molecule has 1 aliphatic heterocycles. The molecule has 1 fully saturated rings. The second kappa shape index (κ2) is 7.25. The van der Waals surface area contributed by atoms with Crippen LogP contribution >= 0.6 is 22.9 Å². The normalized spacial score (nSPS) is 15.1. The summed E-state index contributed by atoms with van der Waals surface area (Å²) >= 11 is 7.48. The Morgan fingerprint density at radius 1 is 1.33 bits per heavy atom. The summed E-state index contributed by atoms with van der Waals surface area (Å²) in [6.45, 7) is 3.62. The van der Waals surface area contributed by atoms with Crippen molar-refractivity contribution in [2.24, 2.45) is 0 Å². The molecule has 0 saturated carbocycles. The van der Waals surface area contributed by atoms with Gasteiger partial charge in [-0.15, -0.1) is 11.3 Å². The van der Waals surface area contributed by atoms with E-state index in [1.165, 1.54) is 11.3 Å². The number of piperidine rings is 1. The molecule has 6 heteroatoms. The summed E-state index contributed by atoms with van der Waals surface area (Å²) in [5.74, 6) is 0.00996. The lowest BCUT2D eigenvalue weighted by molar-refractivity contribution is 0.0935. The molecule has 2 aromatic rings. The van der Waals surface area contributed by atoms with Gasteiger partial charge in [0, 0.05) is 29.0 Å². The van der Waals surface area contributed by atoms with Crippen molar-refractivity contribution >= 4 is 34.5 Å². The van der Waals surface area contributed by atoms with Crippen LogP contribution in [0.15, 0.2) is 30.3 Å². The molecule has 0 bridgehead atoms. The van der Waals surface area contributed by atoms with Gasteiger partial charge in [0.15, 0.2) is 0 Å². The van der Waals surface area contributed by atoms with Crippen LogP contribution in [-0.4, -0.2) is 25.0 Å². The average molecular weight is 360 g/mol. The van der Waals surface area contributed by atoms with Crippen LogP contribution in [0.4, 0.5) is 5.69 Å². The van der Waals surface area contributed by atoms with E-state index < -0.39 is 0 Å². The molecule has 0 spiro atoms. The molecule has 24 heavy (non-hydrogen) atoms. The average Bonchev–Trinajstić information content (AvgIpc) is 3.02. The van der Waals surface area contributed by atoms with Crippen molar-refractivity contribution < 1.29 is 4.79 Å². The van der Waals surface area contributed by atoms with Crippen molar-refractivity contribution in [3.05, 3.63) is 50.7 Å². The number of nitriles is 1. The molecule has 0 atom stereocenters. The molecule has 1 N–H and O–H groups in total. The first-order chi connectivity index (χ1) is 11.6. The maximum atomic E-state index is 12.2. The highest BCUT2D eigenvalue weighted by Gasteiger charge is 2.23. The first-order valence-electron chi connectivity index (χ1n) is 7.88. The molecule has 1 aromatic heterocycles. The number of thiophene rings is 1. The Balaban J connectivity index is 1.60. The van der Waals surface area contributed by atoms with E-state index in [1.54, 1.807) is 6.07 Å². The smallest absolute Gasteiger partial charge is 0.261 e. The SMILES string of the molecule is Cc1ccc(C(=O)NC2CCN(c3ccc(Cl)cc3C#N)CC2)s1. The lowest BCUT2D eigenvalue weighted by Crippen LogP contribution is -2.44. The van der Waals surface area contributed by atoms with E-state index in [2.05, 4.69) is 16.3 Å². The van der Waals surface area contributed by atoms with Crippen LogP contribution in [0, 0.1) is 18.3 Å². The van der Waals surface area contributed by atoms with Gasteiger partial charge in [-0.3, -0.25) is 4.79 Å². The van der Waals surface area contributed by atoms with Gasteiger partial charge >= 0.3 is 0 Å². The summed E-state index contributed by atoms with van der Waals surface area (Å²) in [6.07, 6.45) is 1.73. The molecule has 1 saturated heterocycles. The van der Waals surface area contributed by atoms with E-state index in [-0.39, 0.29) is 11.9 Å². The molecule has 1 aromatic carbocycles. The maximum absolute atomic E-state index is 12.2. The Kier molecular flexibility index (Phi) is 5.08. The van der Waals surface area contributed by atoms with Gasteiger partial charge in [-0.25, -0.2) is 0 Å². The molecule has 3 rings (SSSR count). The zero-order valence-corrected chi connectivity index (χ0v) is 15.0. The number of rotatable bonds is 3. The highest BCUT2D eigenvalue weighted by atomic mass is 35.5. The Labute approximate surface area is 150 Å². The van der Waals surface area contributed by atoms with Gasteiger partial charge in [0.1, 0.15) is 6.07 Å². The van der Waals surface area contributed by atoms with Crippen molar-refractivity contribution in [3.8, 4) is 6.07 Å². The lowest BCUT2D eigenvalue weighted by Gasteiger charge is -2.34. The number of amides is 1. The van der Waals surface area contributed by atoms with Crippen LogP contribution in [0.5, 0.6) is 0 Å². The van der Waals surface area contributed by atoms with Gasteiger partial charge in [0.2, 0.25) is 0 Å². The van der Waals surface area contributed by atoms with Crippen LogP contribution in [0.2, 0.25) is 5.02 Å². The molecule has 1 amide bonds. The Morgan fingerprint density at radius 2 is 2.08 bits per heavy atom. The van der Waals surface area contributed by atoms with E-state index in [4.69, 9.17) is 11.6 Å². The van der Waals surface area contributed by atoms with Crippen LogP contribution < -0.4 is 10.2 Å². The number of carbonyl (C=O) groups is 1. The molecule has 2 heterocycles. The Morgan fingerprint density at radius 3 is 2.71 bits per heavy atom. The lowest BCUT2D eigenvalue weighted by atomic mass is 10.0. The molecule has 0 aliphatic carbocycles. The third-order valence-electron chi connectivity index (χ3n) is 4.21. The van der Waals surface area contributed by atoms with E-state index in [0.717, 1.165) is 41.4 Å². The van der Waals surface area contributed by atoms with Crippen LogP contribution in [0.3, 0.4) is 0 Å². The van der Waals surface area contributed by atoms with E-state index in [9.17, 15) is 10.1 Å². The molecular formula is C18H18ClN3OS. The second-order valence-corrected chi connectivity index (χ2v) is 7.64. The van der Waals surface area contributed by atoms with Crippen molar-refractivity contribution in [1.29, 1.82) is 5.26 Å². The number of anilines is 1. The number of hydrogen-bond donors (Lipinski definition) is 1. The van der Waals surface area contributed by atoms with Gasteiger partial charge in [-0.2, -0.15) is 5.26 Å². The van der Waals surface area contributed by atoms with Gasteiger partial charge in [0.25, 0.3) is 5.91 Å². The largest absolute Gasteiger partial charge is 0.370 e. The molecule has 1 aliphatic rings. The van der Waals surface area contributed by atoms with Gasteiger partial charge in [0.05, 0.1) is 16.1 Å². The van der Waals surface area contributed by atoms with Crippen LogP contribution in [0.25, 0.3) is 0 Å². The Hall–Kier alpha value is -2.03. The highest BCUT2D eigenvalue weighted by Crippen LogP contribution is 2.26. The monoisotopic (exact) mass is 359 g/mol. The van der Waals surface area contributed by atoms with Gasteiger partial charge in [-0.1, -0.05) is 11.6 Å². The zero-order valence-electron chi connectivity index (χ0n) is 13.4. The topological polar surface area (TPSA) is 56.1 Å². The number of nitrogens with one attached hydrogen (secondary N) is 1. The van der Waals surface area contributed by atoms with Crippen LogP contribution in [-0.2, 0) is 0 Å². The van der Waals surface area contributed by atoms with E-state index >= 15 is 0 Å². The number of benzene rings is 1. The standard InChI is InChI=1S/C18H18ClN3OS/c1-12-2-5-17(24-12)18(23)21-15-6-8-22(9-7-15)16-4-3-14(19)10-13(16)11-20/h2-5,10,15H,6-9H2,1H3,(H,21,23). The minimum absolute atomic E-state index is 0.00996. The van der Waals surface area contributed by atoms with E-state index in [0.29, 0.717) is 10.6 Å². The second-order valence-electron chi connectivity index (χ2n) is 5.92. The predicted molar refractivity (Wildman–Crippen MR) is 97.9 cm³/mol. The van der Waals surface area contributed by atoms with Gasteiger partial charge < -0.3 is 10.2 Å². The van der Waals surface area contributed by atoms with Crippen molar-refractivity contribution in [2.75, 3.05) is 18.0 Å². The summed E-state index contributed by atoms with van der Waals surface area (Å²) in [4.78, 5) is 16.3. The van der Waals surface area contributed by atoms with Gasteiger partial charge in [-0.05, 0) is 50.1 Å². The van der Waals surface area contributed by atoms with E-state index in [1.807, 2.05) is 31.2 Å². The number of carbonyl (C=O) groups excluding carboxylic acids is 1. The summed E-state index contributed by atoms with van der Waals surface area (Å²) in [7, 11) is 0. The minimum atomic E-state index is 0.00996. The predicted octanol–water partition coefficient (Wildman–Crippen LogP) is 3.98. The summed E-state index contributed by atoms with van der Waals surface area (Å²) in [5, 5.41) is 13.0. The first-order valence-corrected chi connectivity index (χ1v) is 9.08. The third kappa shape index (κ3) is 3.72. The number of hydrogen-bond acceptors (Lipinski definition) is 4. The quantitative estimate of drug-likeness (QED) is 0.901. The Bertz CT molecular complexity index is 788.